The summed E-state index contributed by atoms with van der Waals surface area (Å²) in [7, 11) is 1.25. The predicted octanol–water partition coefficient (Wildman–Crippen LogP) is 2.68. The Hall–Kier alpha value is -3.14. The van der Waals surface area contributed by atoms with Gasteiger partial charge in [0.25, 0.3) is 0 Å². The number of benzene rings is 2. The van der Waals surface area contributed by atoms with E-state index >= 15 is 0 Å². The third-order valence-corrected chi connectivity index (χ3v) is 6.37. The Kier molecular flexibility index (Phi) is 12.4. The first-order valence-electron chi connectivity index (χ1n) is 12.9. The zero-order valence-electron chi connectivity index (χ0n) is 22.7. The summed E-state index contributed by atoms with van der Waals surface area (Å²) in [5, 5.41) is 18.2. The van der Waals surface area contributed by atoms with E-state index < -0.39 is 30.2 Å². The third kappa shape index (κ3) is 9.68. The van der Waals surface area contributed by atoms with Gasteiger partial charge in [-0.2, -0.15) is 0 Å². The average Bonchev–Trinajstić information content (AvgIpc) is 2.88. The van der Waals surface area contributed by atoms with E-state index in [0.29, 0.717) is 13.0 Å². The Morgan fingerprint density at radius 1 is 0.973 bits per heavy atom. The molecule has 37 heavy (non-hydrogen) atoms. The van der Waals surface area contributed by atoms with Crippen LogP contribution in [0, 0.1) is 5.92 Å². The van der Waals surface area contributed by atoms with Gasteiger partial charge in [0.15, 0.2) is 0 Å². The van der Waals surface area contributed by atoms with Crippen LogP contribution in [0.25, 0.3) is 0 Å². The maximum absolute atomic E-state index is 13.1. The van der Waals surface area contributed by atoms with Gasteiger partial charge in [0.05, 0.1) is 19.3 Å². The van der Waals surface area contributed by atoms with E-state index in [9.17, 15) is 14.7 Å². The predicted molar refractivity (Wildman–Crippen MR) is 147 cm³/mol. The van der Waals surface area contributed by atoms with Crippen LogP contribution >= 0.6 is 0 Å². The lowest BCUT2D eigenvalue weighted by Crippen LogP contribution is -2.56. The number of ether oxygens (including phenoxy) is 1. The number of hydrazine groups is 1. The van der Waals surface area contributed by atoms with E-state index in [1.165, 1.54) is 7.11 Å². The molecule has 2 aromatic carbocycles. The molecule has 0 fully saturated rings. The number of anilines is 1. The number of carbonyl (C=O) groups excluding carboxylic acids is 2. The molecule has 0 bridgehead atoms. The number of hydrogen-bond donors (Lipinski definition) is 4. The van der Waals surface area contributed by atoms with Crippen molar-refractivity contribution >= 4 is 17.7 Å². The summed E-state index contributed by atoms with van der Waals surface area (Å²) in [6, 6.07) is 16.4. The molecule has 9 heteroatoms. The van der Waals surface area contributed by atoms with Crippen molar-refractivity contribution in [1.82, 2.24) is 15.6 Å². The average molecular weight is 514 g/mol. The summed E-state index contributed by atoms with van der Waals surface area (Å²) >= 11 is 0. The molecule has 0 saturated carbocycles. The molecule has 0 aliphatic heterocycles. The molecule has 5 N–H and O–H groups in total. The van der Waals surface area contributed by atoms with E-state index in [-0.39, 0.29) is 12.5 Å². The van der Waals surface area contributed by atoms with Crippen LogP contribution in [0.1, 0.15) is 38.8 Å². The van der Waals surface area contributed by atoms with Crippen molar-refractivity contribution < 1.29 is 19.4 Å². The minimum Gasteiger partial charge on any atom is -0.453 e. The van der Waals surface area contributed by atoms with Crippen molar-refractivity contribution in [3.05, 3.63) is 65.7 Å². The summed E-state index contributed by atoms with van der Waals surface area (Å²) in [6.07, 6.45) is -1.23. The molecule has 0 saturated heterocycles. The topological polar surface area (TPSA) is 120 Å². The fourth-order valence-electron chi connectivity index (χ4n) is 4.21. The number of hydrogen-bond acceptors (Lipinski definition) is 7. The van der Waals surface area contributed by atoms with Crippen molar-refractivity contribution in [3.63, 3.8) is 0 Å². The molecule has 9 nitrogen and oxygen atoms in total. The second-order valence-corrected chi connectivity index (χ2v) is 9.50. The molecule has 0 aliphatic carbocycles. The zero-order valence-corrected chi connectivity index (χ0v) is 22.7. The van der Waals surface area contributed by atoms with Crippen molar-refractivity contribution in [3.8, 4) is 0 Å². The van der Waals surface area contributed by atoms with Crippen LogP contribution in [0.4, 0.5) is 10.5 Å². The number of aliphatic hydroxyl groups excluding tert-OH is 1. The molecule has 2 amide bonds. The summed E-state index contributed by atoms with van der Waals surface area (Å²) in [6.45, 7) is 10.4. The van der Waals surface area contributed by atoms with Crippen LogP contribution in [0.15, 0.2) is 54.6 Å². The van der Waals surface area contributed by atoms with E-state index in [1.54, 1.807) is 5.01 Å². The van der Waals surface area contributed by atoms with Crippen LogP contribution in [0.2, 0.25) is 0 Å². The molecular formula is C28H43N5O4. The SMILES string of the molecule is CCN(CC)c1ccc(CN(N)CC(O)C(Cc2ccccc2)NC(=O)[C@@H](NC(=O)OC)C(C)C)cc1. The first kappa shape index (κ1) is 30.1. The van der Waals surface area contributed by atoms with E-state index in [0.717, 1.165) is 29.9 Å². The van der Waals surface area contributed by atoms with Gasteiger partial charge in [0.1, 0.15) is 6.04 Å². The lowest BCUT2D eigenvalue weighted by Gasteiger charge is -2.30. The highest BCUT2D eigenvalue weighted by Crippen LogP contribution is 2.16. The Labute approximate surface area is 220 Å². The quantitative estimate of drug-likeness (QED) is 0.226. The van der Waals surface area contributed by atoms with Crippen molar-refractivity contribution in [2.24, 2.45) is 11.8 Å². The first-order chi connectivity index (χ1) is 17.7. The van der Waals surface area contributed by atoms with Crippen LogP contribution in [0.3, 0.4) is 0 Å². The van der Waals surface area contributed by atoms with E-state index in [2.05, 4.69) is 46.3 Å². The molecule has 0 aromatic heterocycles. The number of aliphatic hydroxyl groups is 1. The van der Waals surface area contributed by atoms with Gasteiger partial charge in [-0.15, -0.1) is 0 Å². The van der Waals surface area contributed by atoms with Crippen LogP contribution in [0.5, 0.6) is 0 Å². The summed E-state index contributed by atoms with van der Waals surface area (Å²) < 4.78 is 4.67. The van der Waals surface area contributed by atoms with Gasteiger partial charge in [0.2, 0.25) is 5.91 Å². The highest BCUT2D eigenvalue weighted by Gasteiger charge is 2.30. The van der Waals surface area contributed by atoms with Gasteiger partial charge in [-0.25, -0.2) is 9.80 Å². The molecule has 204 valence electrons. The van der Waals surface area contributed by atoms with Crippen LogP contribution in [-0.2, 0) is 22.5 Å². The number of amides is 2. The normalized spacial score (nSPS) is 13.6. The van der Waals surface area contributed by atoms with Crippen LogP contribution in [-0.4, -0.2) is 67.0 Å². The molecule has 2 rings (SSSR count). The van der Waals surface area contributed by atoms with Crippen molar-refractivity contribution in [1.29, 1.82) is 0 Å². The Balaban J connectivity index is 2.10. The van der Waals surface area contributed by atoms with Gasteiger partial charge in [-0.3, -0.25) is 10.6 Å². The van der Waals surface area contributed by atoms with Gasteiger partial charge in [0, 0.05) is 31.9 Å². The Bertz CT molecular complexity index is 951. The fraction of sp³-hybridized carbons (Fsp3) is 0.500. The highest BCUT2D eigenvalue weighted by molar-refractivity contribution is 5.86. The smallest absolute Gasteiger partial charge is 0.407 e. The molecule has 2 unspecified atom stereocenters. The lowest BCUT2D eigenvalue weighted by atomic mass is 9.98. The minimum absolute atomic E-state index is 0.145. The lowest BCUT2D eigenvalue weighted by molar-refractivity contribution is -0.125. The Morgan fingerprint density at radius 3 is 2.14 bits per heavy atom. The van der Waals surface area contributed by atoms with Gasteiger partial charge >= 0.3 is 6.09 Å². The molecule has 0 aliphatic rings. The van der Waals surface area contributed by atoms with Gasteiger partial charge in [-0.05, 0) is 49.4 Å². The molecule has 0 spiro atoms. The highest BCUT2D eigenvalue weighted by atomic mass is 16.5. The largest absolute Gasteiger partial charge is 0.453 e. The molecular weight excluding hydrogens is 470 g/mol. The number of nitrogens with two attached hydrogens (primary N) is 1. The fourth-order valence-corrected chi connectivity index (χ4v) is 4.21. The number of nitrogens with one attached hydrogen (secondary N) is 2. The Morgan fingerprint density at radius 2 is 1.59 bits per heavy atom. The summed E-state index contributed by atoms with van der Waals surface area (Å²) in [5.74, 6) is 5.71. The van der Waals surface area contributed by atoms with Gasteiger partial charge in [-0.1, -0.05) is 56.3 Å². The van der Waals surface area contributed by atoms with Crippen molar-refractivity contribution in [2.45, 2.75) is 58.8 Å². The third-order valence-electron chi connectivity index (χ3n) is 6.37. The van der Waals surface area contributed by atoms with Crippen LogP contribution < -0.4 is 21.4 Å². The maximum Gasteiger partial charge on any atom is 0.407 e. The number of alkyl carbamates (subject to hydrolysis) is 1. The number of methoxy groups -OCH3 is 1. The second kappa shape index (κ2) is 15.2. The van der Waals surface area contributed by atoms with E-state index in [1.807, 2.05) is 56.3 Å². The molecule has 0 radical (unpaired) electrons. The number of nitrogens with zero attached hydrogens (tertiary/aromatic N) is 2. The number of carbonyl (C=O) groups is 2. The monoisotopic (exact) mass is 513 g/mol. The zero-order chi connectivity index (χ0) is 27.4. The van der Waals surface area contributed by atoms with Crippen molar-refractivity contribution in [2.75, 3.05) is 31.6 Å². The van der Waals surface area contributed by atoms with Gasteiger partial charge < -0.3 is 25.4 Å². The first-order valence-corrected chi connectivity index (χ1v) is 12.9. The molecule has 3 atom stereocenters. The summed E-state index contributed by atoms with van der Waals surface area (Å²) in [4.78, 5) is 27.1. The standard InChI is InChI=1S/C28H43N5O4/c1-6-32(7-2)23-15-13-22(14-16-23)18-33(29)19-25(34)24(17-21-11-9-8-10-12-21)30-27(35)26(20(3)4)31-28(36)37-5/h8-16,20,24-26,34H,6-7,17-19,29H2,1-5H3,(H,30,35)(H,31,36)/t24?,25?,26-/m0/s1. The molecule has 0 heterocycles. The second-order valence-electron chi connectivity index (χ2n) is 9.50. The maximum atomic E-state index is 13.1. The molecule has 2 aromatic rings. The van der Waals surface area contributed by atoms with E-state index in [4.69, 9.17) is 5.84 Å². The minimum atomic E-state index is -0.949. The summed E-state index contributed by atoms with van der Waals surface area (Å²) in [5.41, 5.74) is 3.14. The number of rotatable bonds is 14.